The maximum Gasteiger partial charge on any atom is 0.0717 e. The Morgan fingerprint density at radius 1 is 1.36 bits per heavy atom. The summed E-state index contributed by atoms with van der Waals surface area (Å²) < 4.78 is 0. The maximum atomic E-state index is 8.27. The van der Waals surface area contributed by atoms with Crippen LogP contribution in [-0.2, 0) is 0 Å². The van der Waals surface area contributed by atoms with Crippen molar-refractivity contribution < 1.29 is 0 Å². The molecule has 1 aromatic heterocycles. The van der Waals surface area contributed by atoms with Crippen LogP contribution in [0.1, 0.15) is 0 Å². The molecule has 1 aromatic carbocycles. The SMILES string of the molecule is [N-]=[N+]=Nc1ccc2nccc(Cl)c2c1. The number of aromatic nitrogens is 1. The van der Waals surface area contributed by atoms with Gasteiger partial charge in [0.05, 0.1) is 10.5 Å². The molecule has 0 amide bonds. The van der Waals surface area contributed by atoms with E-state index in [-0.39, 0.29) is 0 Å². The number of pyridine rings is 1. The van der Waals surface area contributed by atoms with Crippen molar-refractivity contribution in [2.75, 3.05) is 0 Å². The molecule has 0 aliphatic carbocycles. The summed E-state index contributed by atoms with van der Waals surface area (Å²) in [7, 11) is 0. The van der Waals surface area contributed by atoms with Gasteiger partial charge in [-0.25, -0.2) is 0 Å². The van der Waals surface area contributed by atoms with Gasteiger partial charge in [-0.05, 0) is 23.7 Å². The van der Waals surface area contributed by atoms with E-state index in [0.29, 0.717) is 10.7 Å². The molecule has 2 rings (SSSR count). The molecule has 1 heterocycles. The van der Waals surface area contributed by atoms with E-state index in [1.165, 1.54) is 0 Å². The Morgan fingerprint density at radius 2 is 2.21 bits per heavy atom. The van der Waals surface area contributed by atoms with E-state index in [9.17, 15) is 0 Å². The number of rotatable bonds is 1. The number of hydrogen-bond acceptors (Lipinski definition) is 2. The molecule has 0 bridgehead atoms. The molecule has 0 fully saturated rings. The van der Waals surface area contributed by atoms with Crippen LogP contribution >= 0.6 is 11.6 Å². The number of fused-ring (bicyclic) bond motifs is 1. The van der Waals surface area contributed by atoms with Gasteiger partial charge in [-0.15, -0.1) is 0 Å². The highest BCUT2D eigenvalue weighted by Gasteiger charge is 1.99. The van der Waals surface area contributed by atoms with Crippen molar-refractivity contribution in [3.63, 3.8) is 0 Å². The monoisotopic (exact) mass is 204 g/mol. The quantitative estimate of drug-likeness (QED) is 0.396. The summed E-state index contributed by atoms with van der Waals surface area (Å²) >= 11 is 5.95. The standard InChI is InChI=1S/C9H5ClN4/c10-8-3-4-12-9-2-1-6(13-14-11)5-7(8)9/h1-5H. The van der Waals surface area contributed by atoms with Crippen LogP contribution in [0.3, 0.4) is 0 Å². The lowest BCUT2D eigenvalue weighted by atomic mass is 10.2. The first-order chi connectivity index (χ1) is 6.81. The smallest absolute Gasteiger partial charge is 0.0717 e. The Morgan fingerprint density at radius 3 is 3.00 bits per heavy atom. The molecule has 0 aliphatic rings. The van der Waals surface area contributed by atoms with Gasteiger partial charge >= 0.3 is 0 Å². The van der Waals surface area contributed by atoms with Crippen LogP contribution in [0.15, 0.2) is 35.6 Å². The highest BCUT2D eigenvalue weighted by Crippen LogP contribution is 2.25. The van der Waals surface area contributed by atoms with E-state index < -0.39 is 0 Å². The molecule has 0 N–H and O–H groups in total. The summed E-state index contributed by atoms with van der Waals surface area (Å²) in [6.07, 6.45) is 1.64. The fourth-order valence-corrected chi connectivity index (χ4v) is 1.42. The van der Waals surface area contributed by atoms with Crippen LogP contribution < -0.4 is 0 Å². The van der Waals surface area contributed by atoms with Gasteiger partial charge in [0.1, 0.15) is 0 Å². The molecule has 0 atom stereocenters. The normalized spacial score (nSPS) is 9.79. The fraction of sp³-hybridized carbons (Fsp3) is 0. The van der Waals surface area contributed by atoms with E-state index >= 15 is 0 Å². The summed E-state index contributed by atoms with van der Waals surface area (Å²) in [5.74, 6) is 0. The van der Waals surface area contributed by atoms with Crippen LogP contribution in [0.5, 0.6) is 0 Å². The molecule has 0 spiro atoms. The maximum absolute atomic E-state index is 8.27. The highest BCUT2D eigenvalue weighted by atomic mass is 35.5. The van der Waals surface area contributed by atoms with Crippen LogP contribution in [-0.4, -0.2) is 4.98 Å². The predicted octanol–water partition coefficient (Wildman–Crippen LogP) is 3.83. The van der Waals surface area contributed by atoms with E-state index in [2.05, 4.69) is 15.0 Å². The van der Waals surface area contributed by atoms with Gasteiger partial charge < -0.3 is 0 Å². The van der Waals surface area contributed by atoms with Crippen molar-refractivity contribution in [1.82, 2.24) is 4.98 Å². The van der Waals surface area contributed by atoms with Gasteiger partial charge in [-0.2, -0.15) is 0 Å². The number of hydrogen-bond donors (Lipinski definition) is 0. The van der Waals surface area contributed by atoms with Gasteiger partial charge in [0, 0.05) is 22.2 Å². The third-order valence-corrected chi connectivity index (χ3v) is 2.16. The first-order valence-electron chi connectivity index (χ1n) is 3.90. The lowest BCUT2D eigenvalue weighted by Gasteiger charge is -1.99. The molecule has 4 nitrogen and oxygen atoms in total. The number of nitrogens with zero attached hydrogens (tertiary/aromatic N) is 4. The van der Waals surface area contributed by atoms with E-state index in [0.717, 1.165) is 10.9 Å². The minimum Gasteiger partial charge on any atom is -0.256 e. The van der Waals surface area contributed by atoms with Crippen LogP contribution in [0.25, 0.3) is 21.3 Å². The average molecular weight is 205 g/mol. The zero-order chi connectivity index (χ0) is 9.97. The van der Waals surface area contributed by atoms with Crippen molar-refractivity contribution in [2.45, 2.75) is 0 Å². The Balaban J connectivity index is 2.75. The molecule has 0 saturated heterocycles. The minimum absolute atomic E-state index is 0.537. The molecule has 0 aliphatic heterocycles. The Kier molecular flexibility index (Phi) is 2.23. The second-order valence-electron chi connectivity index (χ2n) is 2.68. The second-order valence-corrected chi connectivity index (χ2v) is 3.09. The topological polar surface area (TPSA) is 61.7 Å². The van der Waals surface area contributed by atoms with Crippen molar-refractivity contribution in [1.29, 1.82) is 0 Å². The van der Waals surface area contributed by atoms with Gasteiger partial charge in [0.15, 0.2) is 0 Å². The van der Waals surface area contributed by atoms with Crippen molar-refractivity contribution >= 4 is 28.2 Å². The molecular formula is C9H5ClN4. The highest BCUT2D eigenvalue weighted by molar-refractivity contribution is 6.35. The largest absolute Gasteiger partial charge is 0.256 e. The third-order valence-electron chi connectivity index (χ3n) is 1.83. The third kappa shape index (κ3) is 1.48. The summed E-state index contributed by atoms with van der Waals surface area (Å²) in [6.45, 7) is 0. The molecule has 0 saturated carbocycles. The first-order valence-corrected chi connectivity index (χ1v) is 4.28. The lowest BCUT2D eigenvalue weighted by Crippen LogP contribution is -1.77. The van der Waals surface area contributed by atoms with Gasteiger partial charge in [0.2, 0.25) is 0 Å². The Hall–Kier alpha value is -1.77. The summed E-state index contributed by atoms with van der Waals surface area (Å²) in [5, 5.41) is 4.88. The second kappa shape index (κ2) is 3.54. The predicted molar refractivity (Wildman–Crippen MR) is 55.6 cm³/mol. The summed E-state index contributed by atoms with van der Waals surface area (Å²) in [4.78, 5) is 6.83. The van der Waals surface area contributed by atoms with Gasteiger partial charge in [-0.1, -0.05) is 22.8 Å². The molecule has 2 aromatic rings. The van der Waals surface area contributed by atoms with E-state index in [1.54, 1.807) is 30.5 Å². The van der Waals surface area contributed by atoms with Crippen LogP contribution in [0, 0.1) is 0 Å². The van der Waals surface area contributed by atoms with Gasteiger partial charge in [0.25, 0.3) is 0 Å². The first kappa shape index (κ1) is 8.81. The number of halogens is 1. The molecule has 0 unspecified atom stereocenters. The molecular weight excluding hydrogens is 200 g/mol. The van der Waals surface area contributed by atoms with Crippen LogP contribution in [0.2, 0.25) is 5.02 Å². The molecule has 14 heavy (non-hydrogen) atoms. The summed E-state index contributed by atoms with van der Waals surface area (Å²) in [5.41, 5.74) is 9.59. The van der Waals surface area contributed by atoms with Crippen molar-refractivity contribution in [3.8, 4) is 0 Å². The summed E-state index contributed by atoms with van der Waals surface area (Å²) in [6, 6.07) is 6.88. The minimum atomic E-state index is 0.537. The Labute approximate surface area is 84.8 Å². The van der Waals surface area contributed by atoms with Crippen LogP contribution in [0.4, 0.5) is 5.69 Å². The molecule has 68 valence electrons. The zero-order valence-electron chi connectivity index (χ0n) is 7.05. The number of benzene rings is 1. The average Bonchev–Trinajstić information content (AvgIpc) is 2.20. The molecule has 0 radical (unpaired) electrons. The Bertz CT molecular complexity index is 531. The van der Waals surface area contributed by atoms with Gasteiger partial charge in [-0.3, -0.25) is 4.98 Å². The van der Waals surface area contributed by atoms with Crippen molar-refractivity contribution in [3.05, 3.63) is 45.9 Å². The zero-order valence-corrected chi connectivity index (χ0v) is 7.81. The fourth-order valence-electron chi connectivity index (χ4n) is 1.21. The van der Waals surface area contributed by atoms with Crippen molar-refractivity contribution in [2.24, 2.45) is 5.11 Å². The van der Waals surface area contributed by atoms with E-state index in [4.69, 9.17) is 17.1 Å². The molecule has 5 heteroatoms. The number of azide groups is 1. The lowest BCUT2D eigenvalue weighted by molar-refractivity contribution is 1.40. The van der Waals surface area contributed by atoms with E-state index in [1.807, 2.05) is 0 Å².